The molecule has 6 nitrogen and oxygen atoms in total. The number of hydrogen-bond acceptors (Lipinski definition) is 4. The van der Waals surface area contributed by atoms with Crippen LogP contribution in [0.4, 0.5) is 11.4 Å². The molecule has 0 aromatic heterocycles. The van der Waals surface area contributed by atoms with Gasteiger partial charge in [0.15, 0.2) is 6.10 Å². The predicted octanol–water partition coefficient (Wildman–Crippen LogP) is 6.85. The summed E-state index contributed by atoms with van der Waals surface area (Å²) in [5.74, 6) is 0.490. The summed E-state index contributed by atoms with van der Waals surface area (Å²) in [5, 5.41) is 6.97. The van der Waals surface area contributed by atoms with Crippen LogP contribution in [0.25, 0.3) is 0 Å². The number of amides is 2. The number of anilines is 2. The maximum absolute atomic E-state index is 12.4. The normalized spacial score (nSPS) is 11.4. The molecule has 0 radical (unpaired) electrons. The predicted molar refractivity (Wildman–Crippen MR) is 136 cm³/mol. The molecule has 0 spiro atoms. The molecule has 2 amide bonds. The lowest BCUT2D eigenvalue weighted by molar-refractivity contribution is -0.122. The highest BCUT2D eigenvalue weighted by Crippen LogP contribution is 2.28. The molecular weight excluding hydrogens is 499 g/mol. The van der Waals surface area contributed by atoms with Crippen molar-refractivity contribution in [2.24, 2.45) is 0 Å². The Morgan fingerprint density at radius 3 is 2.21 bits per heavy atom. The lowest BCUT2D eigenvalue weighted by Crippen LogP contribution is -2.30. The zero-order valence-electron chi connectivity index (χ0n) is 18.3. The molecule has 0 aliphatic rings. The Morgan fingerprint density at radius 1 is 0.853 bits per heavy atom. The molecule has 0 aliphatic carbocycles. The van der Waals surface area contributed by atoms with Crippen LogP contribution in [0, 0.1) is 0 Å². The number of hydrogen-bond donors (Lipinski definition) is 2. The third-order valence-electron chi connectivity index (χ3n) is 4.65. The molecule has 0 heterocycles. The van der Waals surface area contributed by atoms with Gasteiger partial charge in [0.1, 0.15) is 11.5 Å². The number of carbonyl (C=O) groups is 2. The smallest absolute Gasteiger partial charge is 0.265 e. The van der Waals surface area contributed by atoms with E-state index in [0.29, 0.717) is 51.0 Å². The topological polar surface area (TPSA) is 76.7 Å². The second-order valence-electron chi connectivity index (χ2n) is 7.33. The first-order valence-electron chi connectivity index (χ1n) is 10.5. The summed E-state index contributed by atoms with van der Waals surface area (Å²) in [6.07, 6.45) is 0.0484. The third kappa shape index (κ3) is 7.83. The van der Waals surface area contributed by atoms with E-state index in [4.69, 9.17) is 44.3 Å². The summed E-state index contributed by atoms with van der Waals surface area (Å²) >= 11 is 18.0. The van der Waals surface area contributed by atoms with Crippen LogP contribution >= 0.6 is 34.8 Å². The van der Waals surface area contributed by atoms with E-state index < -0.39 is 6.10 Å². The van der Waals surface area contributed by atoms with Gasteiger partial charge in [-0.3, -0.25) is 9.59 Å². The second kappa shape index (κ2) is 12.5. The number of ether oxygens (including phenoxy) is 2. The number of halogens is 3. The Bertz CT molecular complexity index is 1140. The van der Waals surface area contributed by atoms with Crippen molar-refractivity contribution in [1.29, 1.82) is 0 Å². The Labute approximate surface area is 213 Å². The fraction of sp³-hybridized carbons (Fsp3) is 0.200. The second-order valence-corrected chi connectivity index (χ2v) is 8.58. The zero-order chi connectivity index (χ0) is 24.5. The van der Waals surface area contributed by atoms with Crippen LogP contribution in [-0.2, 0) is 9.59 Å². The van der Waals surface area contributed by atoms with Crippen molar-refractivity contribution in [3.05, 3.63) is 81.8 Å². The fourth-order valence-corrected chi connectivity index (χ4v) is 3.54. The van der Waals surface area contributed by atoms with Crippen molar-refractivity contribution in [2.45, 2.75) is 25.9 Å². The SMILES string of the molecule is CC(Oc1ccccc1Cl)C(=O)Nc1ccc(NC(=O)CCCOc2ccc(Cl)cc2Cl)cc1. The van der Waals surface area contributed by atoms with Crippen LogP contribution in [0.2, 0.25) is 15.1 Å². The minimum Gasteiger partial charge on any atom is -0.492 e. The molecule has 1 unspecified atom stereocenters. The molecule has 3 rings (SSSR count). The van der Waals surface area contributed by atoms with Gasteiger partial charge in [-0.05, 0) is 67.9 Å². The number of nitrogens with one attached hydrogen (secondary N) is 2. The average Bonchev–Trinajstić information content (AvgIpc) is 2.80. The summed E-state index contributed by atoms with van der Waals surface area (Å²) in [5.41, 5.74) is 1.19. The molecule has 0 fully saturated rings. The van der Waals surface area contributed by atoms with E-state index >= 15 is 0 Å². The van der Waals surface area contributed by atoms with E-state index in [1.165, 1.54) is 0 Å². The minimum atomic E-state index is -0.746. The number of para-hydroxylation sites is 1. The van der Waals surface area contributed by atoms with Gasteiger partial charge in [0.25, 0.3) is 5.91 Å². The third-order valence-corrected chi connectivity index (χ3v) is 5.49. The molecule has 3 aromatic carbocycles. The Balaban J connectivity index is 1.40. The molecule has 1 atom stereocenters. The molecular formula is C25H23Cl3N2O4. The highest BCUT2D eigenvalue weighted by atomic mass is 35.5. The van der Waals surface area contributed by atoms with Crippen LogP contribution in [0.5, 0.6) is 11.5 Å². The molecule has 0 saturated heterocycles. The van der Waals surface area contributed by atoms with Gasteiger partial charge >= 0.3 is 0 Å². The van der Waals surface area contributed by atoms with Gasteiger partial charge in [-0.1, -0.05) is 46.9 Å². The zero-order valence-corrected chi connectivity index (χ0v) is 20.6. The van der Waals surface area contributed by atoms with E-state index in [9.17, 15) is 9.59 Å². The molecule has 178 valence electrons. The van der Waals surface area contributed by atoms with Crippen molar-refractivity contribution < 1.29 is 19.1 Å². The lowest BCUT2D eigenvalue weighted by atomic mass is 10.2. The summed E-state index contributed by atoms with van der Waals surface area (Å²) in [6.45, 7) is 1.98. The molecule has 0 bridgehead atoms. The molecule has 9 heteroatoms. The highest BCUT2D eigenvalue weighted by Gasteiger charge is 2.16. The van der Waals surface area contributed by atoms with Crippen molar-refractivity contribution in [2.75, 3.05) is 17.2 Å². The fourth-order valence-electron chi connectivity index (χ4n) is 2.90. The molecule has 34 heavy (non-hydrogen) atoms. The van der Waals surface area contributed by atoms with Gasteiger partial charge in [0.05, 0.1) is 16.7 Å². The van der Waals surface area contributed by atoms with E-state index in [0.717, 1.165) is 0 Å². The number of carbonyl (C=O) groups excluding carboxylic acids is 2. The molecule has 3 aromatic rings. The van der Waals surface area contributed by atoms with Crippen molar-refractivity contribution in [3.8, 4) is 11.5 Å². The lowest BCUT2D eigenvalue weighted by Gasteiger charge is -2.15. The summed E-state index contributed by atoms with van der Waals surface area (Å²) in [4.78, 5) is 24.6. The molecule has 0 aliphatic heterocycles. The monoisotopic (exact) mass is 520 g/mol. The molecule has 0 saturated carbocycles. The first-order chi connectivity index (χ1) is 16.3. The number of rotatable bonds is 10. The Hall–Kier alpha value is -2.93. The van der Waals surface area contributed by atoms with Gasteiger partial charge in [0.2, 0.25) is 5.91 Å². The van der Waals surface area contributed by atoms with Gasteiger partial charge < -0.3 is 20.1 Å². The van der Waals surface area contributed by atoms with Crippen molar-refractivity contribution in [3.63, 3.8) is 0 Å². The van der Waals surface area contributed by atoms with Crippen LogP contribution in [0.15, 0.2) is 66.7 Å². The summed E-state index contributed by atoms with van der Waals surface area (Å²) < 4.78 is 11.2. The number of benzene rings is 3. The first-order valence-corrected chi connectivity index (χ1v) is 11.6. The van der Waals surface area contributed by atoms with Gasteiger partial charge in [-0.25, -0.2) is 0 Å². The first kappa shape index (κ1) is 25.7. The van der Waals surface area contributed by atoms with Gasteiger partial charge in [-0.2, -0.15) is 0 Å². The van der Waals surface area contributed by atoms with E-state index in [1.54, 1.807) is 73.7 Å². The molecule has 2 N–H and O–H groups in total. The minimum absolute atomic E-state index is 0.149. The van der Waals surface area contributed by atoms with E-state index in [1.807, 2.05) is 0 Å². The quantitative estimate of drug-likeness (QED) is 0.286. The largest absolute Gasteiger partial charge is 0.492 e. The summed E-state index contributed by atoms with van der Waals surface area (Å²) in [6, 6.07) is 18.7. The van der Waals surface area contributed by atoms with E-state index in [2.05, 4.69) is 10.6 Å². The van der Waals surface area contributed by atoms with Crippen molar-refractivity contribution in [1.82, 2.24) is 0 Å². The summed E-state index contributed by atoms with van der Waals surface area (Å²) in [7, 11) is 0. The van der Waals surface area contributed by atoms with E-state index in [-0.39, 0.29) is 18.2 Å². The van der Waals surface area contributed by atoms with Crippen LogP contribution in [0.3, 0.4) is 0 Å². The average molecular weight is 522 g/mol. The van der Waals surface area contributed by atoms with Gasteiger partial charge in [0, 0.05) is 22.8 Å². The maximum Gasteiger partial charge on any atom is 0.265 e. The van der Waals surface area contributed by atoms with Crippen LogP contribution in [-0.4, -0.2) is 24.5 Å². The highest BCUT2D eigenvalue weighted by molar-refractivity contribution is 6.35. The van der Waals surface area contributed by atoms with Gasteiger partial charge in [-0.15, -0.1) is 0 Å². The van der Waals surface area contributed by atoms with Crippen LogP contribution in [0.1, 0.15) is 19.8 Å². The van der Waals surface area contributed by atoms with Crippen molar-refractivity contribution >= 4 is 58.0 Å². The standard InChI is InChI=1S/C25H23Cl3N2O4/c1-16(34-23-6-3-2-5-20(23)27)25(32)30-19-11-9-18(10-12-19)29-24(31)7-4-14-33-22-13-8-17(26)15-21(22)28/h2-3,5-6,8-13,15-16H,4,7,14H2,1H3,(H,29,31)(H,30,32). The Kier molecular flexibility index (Phi) is 9.45. The maximum atomic E-state index is 12.4. The van der Waals surface area contributed by atoms with Crippen LogP contribution < -0.4 is 20.1 Å². The Morgan fingerprint density at radius 2 is 1.53 bits per heavy atom.